The lowest BCUT2D eigenvalue weighted by molar-refractivity contribution is 0.0766. The largest absolute Gasteiger partial charge is 0.507 e. The molecule has 3 atom stereocenters. The molecule has 1 aromatic carbocycles. The zero-order valence-corrected chi connectivity index (χ0v) is 22.0. The van der Waals surface area contributed by atoms with Crippen molar-refractivity contribution >= 4 is 5.82 Å². The third-order valence-corrected chi connectivity index (χ3v) is 8.55. The summed E-state index contributed by atoms with van der Waals surface area (Å²) in [4.78, 5) is 11.5. The van der Waals surface area contributed by atoms with Gasteiger partial charge >= 0.3 is 0 Å². The lowest BCUT2D eigenvalue weighted by Crippen LogP contribution is -2.67. The normalized spacial score (nSPS) is 28.1. The molecule has 38 heavy (non-hydrogen) atoms. The Hall–Kier alpha value is -3.46. The van der Waals surface area contributed by atoms with E-state index in [4.69, 9.17) is 9.47 Å². The number of phenolic OH excluding ortho intramolecular Hbond substituents is 1. The Morgan fingerprint density at radius 1 is 0.921 bits per heavy atom. The summed E-state index contributed by atoms with van der Waals surface area (Å²) in [5.74, 6) is 2.46. The highest BCUT2D eigenvalue weighted by atomic mass is 16.6. The predicted octanol–water partition coefficient (Wildman–Crippen LogP) is 4.50. The predicted molar refractivity (Wildman–Crippen MR) is 143 cm³/mol. The molecule has 198 valence electrons. The van der Waals surface area contributed by atoms with Crippen LogP contribution in [0.2, 0.25) is 0 Å². The molecular formula is C29H34N6O3. The van der Waals surface area contributed by atoms with Gasteiger partial charge in [0.25, 0.3) is 5.88 Å². The Kier molecular flexibility index (Phi) is 5.47. The fraction of sp³-hybridized carbons (Fsp3) is 0.517. The van der Waals surface area contributed by atoms with Crippen LogP contribution in [-0.2, 0) is 0 Å². The van der Waals surface area contributed by atoms with Gasteiger partial charge in [-0.25, -0.2) is 9.97 Å². The van der Waals surface area contributed by atoms with Gasteiger partial charge in [0.2, 0.25) is 0 Å². The second-order valence-electron chi connectivity index (χ2n) is 11.9. The molecule has 0 spiro atoms. The molecule has 0 radical (unpaired) electrons. The number of piperidine rings is 2. The van der Waals surface area contributed by atoms with E-state index in [9.17, 15) is 5.11 Å². The minimum atomic E-state index is 0.0954. The maximum Gasteiger partial charge on any atom is 0.257 e. The van der Waals surface area contributed by atoms with Crippen molar-refractivity contribution < 1.29 is 14.6 Å². The number of nitrogens with zero attached hydrogens (tertiary/aromatic N) is 5. The topological polar surface area (TPSA) is 106 Å². The molecule has 3 aliphatic heterocycles. The number of pyridine rings is 1. The molecule has 1 saturated carbocycles. The number of hydrogen-bond acceptors (Lipinski definition) is 9. The molecule has 0 amide bonds. The van der Waals surface area contributed by atoms with Crippen molar-refractivity contribution in [1.82, 2.24) is 25.5 Å². The number of benzene rings is 1. The fourth-order valence-corrected chi connectivity index (χ4v) is 6.87. The maximum atomic E-state index is 10.9. The first-order valence-electron chi connectivity index (χ1n) is 13.7. The molecule has 3 fully saturated rings. The van der Waals surface area contributed by atoms with Gasteiger partial charge in [-0.2, -0.15) is 0 Å². The van der Waals surface area contributed by atoms with Gasteiger partial charge in [0.05, 0.1) is 11.8 Å². The second-order valence-corrected chi connectivity index (χ2v) is 11.9. The highest BCUT2D eigenvalue weighted by Crippen LogP contribution is 2.45. The molecule has 4 aliphatic rings. The van der Waals surface area contributed by atoms with Crippen molar-refractivity contribution in [3.8, 4) is 39.9 Å². The Bertz CT molecular complexity index is 1340. The second kappa shape index (κ2) is 8.80. The van der Waals surface area contributed by atoms with E-state index in [2.05, 4.69) is 44.2 Å². The first kappa shape index (κ1) is 23.6. The van der Waals surface area contributed by atoms with Crippen molar-refractivity contribution in [1.29, 1.82) is 0 Å². The minimum absolute atomic E-state index is 0.0954. The summed E-state index contributed by atoms with van der Waals surface area (Å²) < 4.78 is 11.2. The number of aromatic hydroxyl groups is 1. The van der Waals surface area contributed by atoms with E-state index in [1.54, 1.807) is 12.3 Å². The number of nitrogens with one attached hydrogen (secondary N) is 1. The molecule has 9 heteroatoms. The Balaban J connectivity index is 1.13. The molecule has 7 rings (SSSR count). The van der Waals surface area contributed by atoms with Crippen LogP contribution >= 0.6 is 0 Å². The first-order valence-corrected chi connectivity index (χ1v) is 13.7. The van der Waals surface area contributed by atoms with Crippen molar-refractivity contribution in [3.63, 3.8) is 0 Å². The Morgan fingerprint density at radius 2 is 1.71 bits per heavy atom. The van der Waals surface area contributed by atoms with E-state index in [0.29, 0.717) is 48.3 Å². The van der Waals surface area contributed by atoms with E-state index >= 15 is 0 Å². The SMILES string of the molecule is C[C@]12CCC[C@](C)(CC(N(c3cnc(-c4ccc(-c5cnc6c(c5)OCCO6)cc4O)nn3)C3CC3)C1)N2. The molecule has 2 bridgehead atoms. The summed E-state index contributed by atoms with van der Waals surface area (Å²) in [6.07, 6.45) is 11.9. The molecular weight excluding hydrogens is 480 g/mol. The van der Waals surface area contributed by atoms with Crippen LogP contribution in [0.3, 0.4) is 0 Å². The van der Waals surface area contributed by atoms with Crippen molar-refractivity contribution in [2.24, 2.45) is 0 Å². The number of aromatic nitrogens is 4. The van der Waals surface area contributed by atoms with Gasteiger partial charge in [-0.15, -0.1) is 10.2 Å². The number of rotatable bonds is 5. The summed E-state index contributed by atoms with van der Waals surface area (Å²) in [6, 6.07) is 8.27. The van der Waals surface area contributed by atoms with Crippen molar-refractivity contribution in [3.05, 3.63) is 36.7 Å². The van der Waals surface area contributed by atoms with Gasteiger partial charge in [-0.1, -0.05) is 6.07 Å². The zero-order valence-electron chi connectivity index (χ0n) is 22.0. The monoisotopic (exact) mass is 514 g/mol. The lowest BCUT2D eigenvalue weighted by Gasteiger charge is -2.55. The van der Waals surface area contributed by atoms with Crippen LogP contribution in [0.15, 0.2) is 36.7 Å². The highest BCUT2D eigenvalue weighted by Gasteiger charge is 2.49. The molecule has 5 heterocycles. The third kappa shape index (κ3) is 4.32. The van der Waals surface area contributed by atoms with Gasteiger partial charge in [-0.3, -0.25) is 0 Å². The Morgan fingerprint density at radius 3 is 2.42 bits per heavy atom. The molecule has 1 aliphatic carbocycles. The summed E-state index contributed by atoms with van der Waals surface area (Å²) in [5, 5.41) is 23.9. The van der Waals surface area contributed by atoms with Crippen LogP contribution in [0, 0.1) is 0 Å². The van der Waals surface area contributed by atoms with Crippen molar-refractivity contribution in [2.45, 2.75) is 82.0 Å². The number of anilines is 1. The highest BCUT2D eigenvalue weighted by molar-refractivity contribution is 5.73. The van der Waals surface area contributed by atoms with Crippen LogP contribution in [0.25, 0.3) is 22.5 Å². The summed E-state index contributed by atoms with van der Waals surface area (Å²) in [6.45, 7) is 5.75. The van der Waals surface area contributed by atoms with Crippen LogP contribution in [0.1, 0.15) is 58.8 Å². The third-order valence-electron chi connectivity index (χ3n) is 8.55. The van der Waals surface area contributed by atoms with Gasteiger partial charge in [-0.05, 0) is 82.6 Å². The average Bonchev–Trinajstić information content (AvgIpc) is 3.73. The van der Waals surface area contributed by atoms with Gasteiger partial charge in [0.15, 0.2) is 17.4 Å². The van der Waals surface area contributed by atoms with Gasteiger partial charge in [0.1, 0.15) is 19.0 Å². The molecule has 2 N–H and O–H groups in total. The quantitative estimate of drug-likeness (QED) is 0.509. The van der Waals surface area contributed by atoms with E-state index in [-0.39, 0.29) is 16.8 Å². The Labute approximate surface area is 222 Å². The van der Waals surface area contributed by atoms with Crippen LogP contribution in [-0.4, -0.2) is 61.6 Å². The number of fused-ring (bicyclic) bond motifs is 3. The fourth-order valence-electron chi connectivity index (χ4n) is 6.87. The standard InChI is InChI=1S/C29H34N6O3/c1-28-8-3-9-29(2,34-28)15-21(14-28)35(20-5-6-20)25-17-30-26(33-32-25)22-7-4-18(12-23(22)36)19-13-24-27(31-16-19)38-11-10-37-24/h4,7,12-13,16-17,20-21,34,36H,3,5-6,8-11,14-15H2,1-2H3/t21?,28-,29+. The van der Waals surface area contributed by atoms with Gasteiger partial charge in [0, 0.05) is 34.9 Å². The van der Waals surface area contributed by atoms with Crippen molar-refractivity contribution in [2.75, 3.05) is 18.1 Å². The van der Waals surface area contributed by atoms with E-state index in [1.165, 1.54) is 32.1 Å². The summed E-state index contributed by atoms with van der Waals surface area (Å²) in [7, 11) is 0. The minimum Gasteiger partial charge on any atom is -0.507 e. The smallest absolute Gasteiger partial charge is 0.257 e. The molecule has 9 nitrogen and oxygen atoms in total. The van der Waals surface area contributed by atoms with Crippen LogP contribution in [0.5, 0.6) is 17.4 Å². The zero-order chi connectivity index (χ0) is 25.9. The van der Waals surface area contributed by atoms with E-state index in [0.717, 1.165) is 29.8 Å². The molecule has 3 aromatic rings. The van der Waals surface area contributed by atoms with E-state index in [1.807, 2.05) is 24.4 Å². The maximum absolute atomic E-state index is 10.9. The van der Waals surface area contributed by atoms with E-state index < -0.39 is 0 Å². The molecule has 1 unspecified atom stereocenters. The molecule has 2 aromatic heterocycles. The molecule has 2 saturated heterocycles. The first-order chi connectivity index (χ1) is 18.4. The van der Waals surface area contributed by atoms with Gasteiger partial charge < -0.3 is 24.8 Å². The summed E-state index contributed by atoms with van der Waals surface area (Å²) >= 11 is 0. The van der Waals surface area contributed by atoms with Crippen LogP contribution < -0.4 is 19.7 Å². The summed E-state index contributed by atoms with van der Waals surface area (Å²) in [5.41, 5.74) is 2.54. The van der Waals surface area contributed by atoms with Crippen LogP contribution in [0.4, 0.5) is 5.82 Å². The number of phenols is 1. The average molecular weight is 515 g/mol. The lowest BCUT2D eigenvalue weighted by atomic mass is 9.69. The number of hydrogen-bond donors (Lipinski definition) is 2. The number of ether oxygens (including phenoxy) is 2.